The SMILES string of the molecule is CC.CCc1cc(F)cc(C)c1Oc1c(-c2cn(C)c(=O)c3[nH]c(C(=O)N(C)C(C)(C)C(F)(F)CC)cc23)ccn(C)c1=O.[HH]. The van der Waals surface area contributed by atoms with Gasteiger partial charge in [0, 0.05) is 57.9 Å². The minimum atomic E-state index is -3.17. The van der Waals surface area contributed by atoms with Gasteiger partial charge in [-0.25, -0.2) is 13.2 Å². The van der Waals surface area contributed by atoms with Gasteiger partial charge in [-0.1, -0.05) is 27.7 Å². The number of carbonyl (C=O) groups is 1. The lowest BCUT2D eigenvalue weighted by Gasteiger charge is -2.41. The lowest BCUT2D eigenvalue weighted by molar-refractivity contribution is -0.113. The average molecular weight is 617 g/mol. The summed E-state index contributed by atoms with van der Waals surface area (Å²) in [6.45, 7) is 11.4. The number of fused-ring (bicyclic) bond motifs is 1. The van der Waals surface area contributed by atoms with E-state index in [1.165, 1.54) is 68.4 Å². The van der Waals surface area contributed by atoms with Crippen LogP contribution >= 0.6 is 0 Å². The summed E-state index contributed by atoms with van der Waals surface area (Å²) < 4.78 is 52.5. The molecule has 0 fully saturated rings. The van der Waals surface area contributed by atoms with Crippen molar-refractivity contribution in [3.05, 3.63) is 80.0 Å². The van der Waals surface area contributed by atoms with Gasteiger partial charge in [0.2, 0.25) is 0 Å². The predicted molar refractivity (Wildman–Crippen MR) is 170 cm³/mol. The zero-order chi connectivity index (χ0) is 33.3. The number of aromatic amines is 1. The van der Waals surface area contributed by atoms with Crippen molar-refractivity contribution in [2.75, 3.05) is 7.05 Å². The van der Waals surface area contributed by atoms with Crippen LogP contribution in [0.2, 0.25) is 0 Å². The van der Waals surface area contributed by atoms with Gasteiger partial charge in [0.15, 0.2) is 5.75 Å². The lowest BCUT2D eigenvalue weighted by atomic mass is 9.92. The van der Waals surface area contributed by atoms with Crippen LogP contribution in [-0.4, -0.2) is 43.4 Å². The summed E-state index contributed by atoms with van der Waals surface area (Å²) in [4.78, 5) is 43.8. The number of ether oxygens (including phenoxy) is 1. The standard InChI is InChI=1S/C31H35F3N4O4.C2H6.H2/c1-9-18-14-19(32)13-17(3)25(18)42-26-20(11-12-36(6)29(26)41)22-16-37(7)28(40)24-21(22)15-23(35-24)27(39)38(8)30(4,5)31(33,34)10-2;1-2;/h11-16,35H,9-10H2,1-8H3;1-2H3;1H. The minimum absolute atomic E-state index is 0. The third-order valence-electron chi connectivity index (χ3n) is 8.09. The molecule has 3 heterocycles. The van der Waals surface area contributed by atoms with Crippen molar-refractivity contribution in [2.24, 2.45) is 14.1 Å². The van der Waals surface area contributed by atoms with Gasteiger partial charge in [0.05, 0.1) is 0 Å². The van der Waals surface area contributed by atoms with E-state index in [4.69, 9.17) is 4.74 Å². The van der Waals surface area contributed by atoms with E-state index in [1.54, 1.807) is 26.2 Å². The number of nitrogens with zero attached hydrogens (tertiary/aromatic N) is 3. The van der Waals surface area contributed by atoms with Crippen molar-refractivity contribution < 1.29 is 24.1 Å². The van der Waals surface area contributed by atoms with Gasteiger partial charge >= 0.3 is 0 Å². The maximum Gasteiger partial charge on any atom is 0.293 e. The zero-order valence-electron chi connectivity index (χ0n) is 27.0. The number of H-pyrrole nitrogens is 1. The number of hydrogen-bond donors (Lipinski definition) is 1. The van der Waals surface area contributed by atoms with Gasteiger partial charge in [-0.3, -0.25) is 14.4 Å². The first kappa shape index (κ1) is 34.2. The Morgan fingerprint density at radius 1 is 1.02 bits per heavy atom. The molecule has 0 bridgehead atoms. The summed E-state index contributed by atoms with van der Waals surface area (Å²) in [7, 11) is 4.37. The number of alkyl halides is 2. The van der Waals surface area contributed by atoms with E-state index in [0.717, 1.165) is 4.90 Å². The number of carbonyl (C=O) groups excluding carboxylic acids is 1. The van der Waals surface area contributed by atoms with Gasteiger partial charge < -0.3 is 23.8 Å². The van der Waals surface area contributed by atoms with Gasteiger partial charge in [0.25, 0.3) is 22.9 Å². The Morgan fingerprint density at radius 2 is 1.66 bits per heavy atom. The number of aromatic nitrogens is 3. The van der Waals surface area contributed by atoms with E-state index >= 15 is 0 Å². The molecule has 4 aromatic rings. The van der Waals surface area contributed by atoms with Crippen molar-refractivity contribution >= 4 is 16.8 Å². The van der Waals surface area contributed by atoms with Crippen LogP contribution in [0.4, 0.5) is 13.2 Å². The van der Waals surface area contributed by atoms with Crippen LogP contribution in [0, 0.1) is 12.7 Å². The number of aryl methyl sites for hydroxylation is 4. The number of amides is 1. The lowest BCUT2D eigenvalue weighted by Crippen LogP contribution is -2.56. The maximum atomic E-state index is 14.7. The van der Waals surface area contributed by atoms with Crippen LogP contribution in [0.3, 0.4) is 0 Å². The molecule has 11 heteroatoms. The smallest absolute Gasteiger partial charge is 0.293 e. The van der Waals surface area contributed by atoms with Crippen LogP contribution in [0.25, 0.3) is 22.0 Å². The quantitative estimate of drug-likeness (QED) is 0.227. The highest BCUT2D eigenvalue weighted by atomic mass is 19.3. The van der Waals surface area contributed by atoms with Gasteiger partial charge in [-0.15, -0.1) is 0 Å². The Balaban J connectivity index is 0.00000230. The molecular weight excluding hydrogens is 573 g/mol. The van der Waals surface area contributed by atoms with E-state index in [0.29, 0.717) is 39.8 Å². The Morgan fingerprint density at radius 3 is 2.25 bits per heavy atom. The molecule has 0 unspecified atom stereocenters. The van der Waals surface area contributed by atoms with Crippen molar-refractivity contribution in [3.63, 3.8) is 0 Å². The molecule has 0 radical (unpaired) electrons. The molecule has 0 aliphatic heterocycles. The summed E-state index contributed by atoms with van der Waals surface area (Å²) in [5.41, 5.74) is -0.963. The highest BCUT2D eigenvalue weighted by Crippen LogP contribution is 2.39. The van der Waals surface area contributed by atoms with Crippen molar-refractivity contribution in [3.8, 4) is 22.6 Å². The van der Waals surface area contributed by atoms with E-state index < -0.39 is 40.7 Å². The Kier molecular flexibility index (Phi) is 9.92. The van der Waals surface area contributed by atoms with Crippen LogP contribution in [0.5, 0.6) is 11.5 Å². The Labute approximate surface area is 256 Å². The van der Waals surface area contributed by atoms with Crippen molar-refractivity contribution in [2.45, 2.75) is 72.8 Å². The normalized spacial score (nSPS) is 11.8. The van der Waals surface area contributed by atoms with Gasteiger partial charge in [0.1, 0.15) is 28.3 Å². The summed E-state index contributed by atoms with van der Waals surface area (Å²) in [6.07, 6.45) is 3.05. The van der Waals surface area contributed by atoms with Crippen molar-refractivity contribution in [1.82, 2.24) is 19.0 Å². The Hall–Kier alpha value is -4.28. The first-order chi connectivity index (χ1) is 20.5. The molecule has 0 aliphatic carbocycles. The van der Waals surface area contributed by atoms with Crippen LogP contribution < -0.4 is 15.9 Å². The molecule has 0 aliphatic rings. The molecule has 1 N–H and O–H groups in total. The first-order valence-corrected chi connectivity index (χ1v) is 14.6. The molecule has 240 valence electrons. The first-order valence-electron chi connectivity index (χ1n) is 14.6. The molecule has 1 amide bonds. The fourth-order valence-electron chi connectivity index (χ4n) is 5.00. The third-order valence-corrected chi connectivity index (χ3v) is 8.09. The molecule has 44 heavy (non-hydrogen) atoms. The summed E-state index contributed by atoms with van der Waals surface area (Å²) in [5, 5.41) is 0.305. The average Bonchev–Trinajstić information content (AvgIpc) is 3.44. The van der Waals surface area contributed by atoms with Crippen LogP contribution in [0.1, 0.15) is 71.0 Å². The number of hydrogen-bond acceptors (Lipinski definition) is 4. The predicted octanol–water partition coefficient (Wildman–Crippen LogP) is 7.20. The fourth-order valence-corrected chi connectivity index (χ4v) is 5.00. The molecule has 1 aromatic carbocycles. The summed E-state index contributed by atoms with van der Waals surface area (Å²) >= 11 is 0. The summed E-state index contributed by atoms with van der Waals surface area (Å²) in [5.74, 6) is -4.04. The number of pyridine rings is 2. The number of halogens is 3. The molecule has 4 rings (SSSR count). The second-order valence-electron chi connectivity index (χ2n) is 11.1. The van der Waals surface area contributed by atoms with Gasteiger partial charge in [-0.2, -0.15) is 0 Å². The fraction of sp³-hybridized carbons (Fsp3) is 0.424. The Bertz CT molecular complexity index is 1830. The number of nitrogens with one attached hydrogen (secondary N) is 1. The van der Waals surface area contributed by atoms with E-state index in [2.05, 4.69) is 4.98 Å². The molecule has 0 saturated heterocycles. The topological polar surface area (TPSA) is 89.3 Å². The van der Waals surface area contributed by atoms with Crippen LogP contribution in [-0.2, 0) is 20.5 Å². The molecule has 0 spiro atoms. The van der Waals surface area contributed by atoms with E-state index in [9.17, 15) is 27.6 Å². The highest BCUT2D eigenvalue weighted by Gasteiger charge is 2.49. The molecule has 0 saturated carbocycles. The second-order valence-corrected chi connectivity index (χ2v) is 11.1. The van der Waals surface area contributed by atoms with Crippen molar-refractivity contribution in [1.29, 1.82) is 0 Å². The molecule has 0 atom stereocenters. The largest absolute Gasteiger partial charge is 0.450 e. The molecule has 8 nitrogen and oxygen atoms in total. The number of rotatable bonds is 8. The molecular formula is C33H43F3N4O4. The van der Waals surface area contributed by atoms with E-state index in [1.807, 2.05) is 20.8 Å². The molecule has 3 aromatic heterocycles. The zero-order valence-corrected chi connectivity index (χ0v) is 27.0. The monoisotopic (exact) mass is 616 g/mol. The second kappa shape index (κ2) is 12.8. The number of benzene rings is 1. The minimum Gasteiger partial charge on any atom is -0.450 e. The van der Waals surface area contributed by atoms with Gasteiger partial charge in [-0.05, 0) is 62.6 Å². The maximum absolute atomic E-state index is 14.7. The van der Waals surface area contributed by atoms with Crippen LogP contribution in [0.15, 0.2) is 46.2 Å². The third kappa shape index (κ3) is 5.92. The highest BCUT2D eigenvalue weighted by molar-refractivity contribution is 6.03. The summed E-state index contributed by atoms with van der Waals surface area (Å²) in [6, 6.07) is 5.74. The van der Waals surface area contributed by atoms with E-state index in [-0.39, 0.29) is 18.4 Å².